The summed E-state index contributed by atoms with van der Waals surface area (Å²) >= 11 is 0. The van der Waals surface area contributed by atoms with Gasteiger partial charge in [0, 0.05) is 81.1 Å². The maximum absolute atomic E-state index is 13.6. The Morgan fingerprint density at radius 1 is 1.07 bits per heavy atom. The molecular weight excluding hydrogens is 542 g/mol. The van der Waals surface area contributed by atoms with Crippen LogP contribution in [0.1, 0.15) is 47.8 Å². The second-order valence-electron chi connectivity index (χ2n) is 12.2. The number of nitrogens with zero attached hydrogens (tertiary/aromatic N) is 8. The fourth-order valence-electron chi connectivity index (χ4n) is 6.27. The van der Waals surface area contributed by atoms with Crippen LogP contribution in [0, 0.1) is 6.92 Å². The summed E-state index contributed by atoms with van der Waals surface area (Å²) in [5, 5.41) is 17.7. The first kappa shape index (κ1) is 29.3. The van der Waals surface area contributed by atoms with Gasteiger partial charge in [-0.3, -0.25) is 24.7 Å². The summed E-state index contributed by atoms with van der Waals surface area (Å²) in [7, 11) is 6.13. The van der Waals surface area contributed by atoms with Crippen LogP contribution in [0.3, 0.4) is 0 Å². The molecule has 0 radical (unpaired) electrons. The molecule has 1 saturated carbocycles. The van der Waals surface area contributed by atoms with Crippen LogP contribution in [0.15, 0.2) is 42.7 Å². The Morgan fingerprint density at radius 2 is 1.84 bits per heavy atom. The number of hydrogen-bond donors (Lipinski definition) is 2. The van der Waals surface area contributed by atoms with Crippen LogP contribution in [0.2, 0.25) is 0 Å². The molecule has 1 saturated heterocycles. The summed E-state index contributed by atoms with van der Waals surface area (Å²) in [6.07, 6.45) is 6.32. The van der Waals surface area contributed by atoms with Crippen LogP contribution < -0.4 is 10.2 Å². The third kappa shape index (κ3) is 6.29. The molecule has 2 fully saturated rings. The first-order valence-electron chi connectivity index (χ1n) is 15.4. The van der Waals surface area contributed by atoms with Crippen LogP contribution in [-0.2, 0) is 7.05 Å². The van der Waals surface area contributed by atoms with Crippen molar-refractivity contribution < 1.29 is 9.90 Å². The van der Waals surface area contributed by atoms with Gasteiger partial charge in [0.2, 0.25) is 5.95 Å². The second kappa shape index (κ2) is 12.4. The zero-order chi connectivity index (χ0) is 30.1. The fourth-order valence-corrected chi connectivity index (χ4v) is 6.27. The van der Waals surface area contributed by atoms with E-state index < -0.39 is 0 Å². The van der Waals surface area contributed by atoms with E-state index in [4.69, 9.17) is 4.98 Å². The Morgan fingerprint density at radius 3 is 2.53 bits per heavy atom. The van der Waals surface area contributed by atoms with Gasteiger partial charge in [0.25, 0.3) is 5.91 Å². The Bertz CT molecular complexity index is 1580. The molecule has 6 rings (SSSR count). The molecule has 4 aromatic rings. The number of aromatic nitrogens is 5. The van der Waals surface area contributed by atoms with Gasteiger partial charge in [-0.1, -0.05) is 0 Å². The summed E-state index contributed by atoms with van der Waals surface area (Å²) in [5.74, 6) is 0.314. The molecule has 4 heterocycles. The molecule has 2 N–H and O–H groups in total. The molecule has 228 valence electrons. The number of amides is 1. The van der Waals surface area contributed by atoms with E-state index in [1.54, 1.807) is 29.2 Å². The van der Waals surface area contributed by atoms with Gasteiger partial charge in [0.1, 0.15) is 0 Å². The van der Waals surface area contributed by atoms with Gasteiger partial charge in [0.15, 0.2) is 0 Å². The number of benzene rings is 1. The average Bonchev–Trinajstić information content (AvgIpc) is 3.54. The summed E-state index contributed by atoms with van der Waals surface area (Å²) in [6.45, 7) is 8.18. The van der Waals surface area contributed by atoms with Crippen LogP contribution >= 0.6 is 0 Å². The molecule has 1 aromatic carbocycles. The van der Waals surface area contributed by atoms with Gasteiger partial charge in [-0.15, -0.1) is 0 Å². The number of carbonyl (C=O) groups is 1. The topological polar surface area (TPSA) is 108 Å². The smallest absolute Gasteiger partial charge is 0.258 e. The number of anilines is 2. The number of likely N-dealkylation sites (N-methyl/N-ethyl adjacent to an activating group) is 1. The quantitative estimate of drug-likeness (QED) is 0.323. The first-order chi connectivity index (χ1) is 20.8. The number of aliphatic hydroxyl groups excluding tert-OH is 1. The standard InChI is InChI=1S/C32H43N9O2/c1-22-27(21-34-38(22)4)29-19-23(11-12-33-29)31(43)36-32-35-28-10-7-25(40-17-15-39(16-18-40)14-13-37(2)3)20-30(28)41(32)24-5-8-26(42)9-6-24/h7,10-12,19-21,24,26,42H,5-6,8-9,13-18H2,1-4H3,(H,35,36,43)/t24-,26+. The van der Waals surface area contributed by atoms with Crippen molar-refractivity contribution in [3.8, 4) is 11.3 Å². The van der Waals surface area contributed by atoms with Gasteiger partial charge >= 0.3 is 0 Å². The molecule has 0 atom stereocenters. The van der Waals surface area contributed by atoms with E-state index in [1.165, 1.54) is 5.69 Å². The Labute approximate surface area is 253 Å². The molecule has 0 bridgehead atoms. The van der Waals surface area contributed by atoms with Crippen LogP contribution in [-0.4, -0.2) is 105 Å². The Kier molecular flexibility index (Phi) is 8.47. The highest BCUT2D eigenvalue weighted by Gasteiger charge is 2.27. The molecule has 2 aliphatic rings. The predicted molar refractivity (Wildman–Crippen MR) is 170 cm³/mol. The average molecular weight is 586 g/mol. The summed E-state index contributed by atoms with van der Waals surface area (Å²) in [6, 6.07) is 10.1. The van der Waals surface area contributed by atoms with Crippen molar-refractivity contribution >= 4 is 28.6 Å². The zero-order valence-electron chi connectivity index (χ0n) is 25.7. The third-order valence-corrected chi connectivity index (χ3v) is 9.06. The van der Waals surface area contributed by atoms with E-state index in [0.29, 0.717) is 17.2 Å². The molecule has 11 nitrogen and oxygen atoms in total. The van der Waals surface area contributed by atoms with E-state index in [-0.39, 0.29) is 18.1 Å². The monoisotopic (exact) mass is 585 g/mol. The molecule has 0 spiro atoms. The number of aryl methyl sites for hydroxylation is 1. The molecule has 3 aromatic heterocycles. The SMILES string of the molecule is Cc1c(-c2cc(C(=O)Nc3nc4ccc(N5CCN(CCN(C)C)CC5)cc4n3[C@H]3CC[C@@H](O)CC3)ccn2)cnn1C. The van der Waals surface area contributed by atoms with Gasteiger partial charge in [-0.05, 0) is 77.0 Å². The number of piperazine rings is 1. The lowest BCUT2D eigenvalue weighted by Crippen LogP contribution is -2.48. The second-order valence-corrected chi connectivity index (χ2v) is 12.2. The number of aliphatic hydroxyl groups is 1. The minimum absolute atomic E-state index is 0.146. The van der Waals surface area contributed by atoms with Crippen molar-refractivity contribution in [1.29, 1.82) is 0 Å². The van der Waals surface area contributed by atoms with Gasteiger partial charge in [-0.25, -0.2) is 4.98 Å². The number of rotatable bonds is 8. The number of hydrogen-bond acceptors (Lipinski definition) is 8. The van der Waals surface area contributed by atoms with Crippen molar-refractivity contribution in [2.75, 3.05) is 63.6 Å². The lowest BCUT2D eigenvalue weighted by atomic mass is 9.93. The van der Waals surface area contributed by atoms with E-state index in [1.807, 2.05) is 14.0 Å². The van der Waals surface area contributed by atoms with Gasteiger partial charge in [-0.2, -0.15) is 5.10 Å². The van der Waals surface area contributed by atoms with Crippen molar-refractivity contribution in [2.24, 2.45) is 7.05 Å². The van der Waals surface area contributed by atoms with Crippen molar-refractivity contribution in [1.82, 2.24) is 34.1 Å². The zero-order valence-corrected chi connectivity index (χ0v) is 25.7. The summed E-state index contributed by atoms with van der Waals surface area (Å²) in [4.78, 5) is 30.2. The summed E-state index contributed by atoms with van der Waals surface area (Å²) in [5.41, 5.74) is 6.16. The van der Waals surface area contributed by atoms with E-state index in [9.17, 15) is 9.90 Å². The molecular formula is C32H43N9O2. The lowest BCUT2D eigenvalue weighted by molar-refractivity contribution is 0.102. The third-order valence-electron chi connectivity index (χ3n) is 9.06. The minimum Gasteiger partial charge on any atom is -0.393 e. The number of carbonyl (C=O) groups excluding carboxylic acids is 1. The Balaban J connectivity index is 1.27. The molecule has 0 unspecified atom stereocenters. The Hall–Kier alpha value is -3.80. The van der Waals surface area contributed by atoms with E-state index in [0.717, 1.165) is 87.2 Å². The fraction of sp³-hybridized carbons (Fsp3) is 0.500. The molecule has 1 amide bonds. The van der Waals surface area contributed by atoms with Crippen LogP contribution in [0.4, 0.5) is 11.6 Å². The van der Waals surface area contributed by atoms with Crippen molar-refractivity contribution in [2.45, 2.75) is 44.8 Å². The predicted octanol–water partition coefficient (Wildman–Crippen LogP) is 3.55. The van der Waals surface area contributed by atoms with Crippen molar-refractivity contribution in [3.05, 3.63) is 54.0 Å². The van der Waals surface area contributed by atoms with E-state index >= 15 is 0 Å². The highest BCUT2D eigenvalue weighted by Crippen LogP contribution is 2.36. The van der Waals surface area contributed by atoms with Crippen LogP contribution in [0.5, 0.6) is 0 Å². The van der Waals surface area contributed by atoms with Gasteiger partial charge in [0.05, 0.1) is 29.0 Å². The minimum atomic E-state index is -0.269. The van der Waals surface area contributed by atoms with Gasteiger partial charge < -0.3 is 19.5 Å². The van der Waals surface area contributed by atoms with E-state index in [2.05, 4.69) is 67.0 Å². The molecule has 1 aliphatic heterocycles. The number of nitrogens with one attached hydrogen (secondary N) is 1. The highest BCUT2D eigenvalue weighted by molar-refractivity contribution is 6.04. The molecule has 43 heavy (non-hydrogen) atoms. The van der Waals surface area contributed by atoms with Crippen LogP contribution in [0.25, 0.3) is 22.3 Å². The first-order valence-corrected chi connectivity index (χ1v) is 15.4. The van der Waals surface area contributed by atoms with Crippen molar-refractivity contribution in [3.63, 3.8) is 0 Å². The summed E-state index contributed by atoms with van der Waals surface area (Å²) < 4.78 is 4.00. The lowest BCUT2D eigenvalue weighted by Gasteiger charge is -2.36. The normalized spacial score (nSPS) is 19.8. The maximum atomic E-state index is 13.6. The number of fused-ring (bicyclic) bond motifs is 1. The molecule has 1 aliphatic carbocycles. The molecule has 11 heteroatoms. The maximum Gasteiger partial charge on any atom is 0.258 e. The highest BCUT2D eigenvalue weighted by atomic mass is 16.3. The number of imidazole rings is 1. The largest absolute Gasteiger partial charge is 0.393 e. The number of pyridine rings is 1.